The van der Waals surface area contributed by atoms with Crippen LogP contribution in [-0.4, -0.2) is 4.57 Å². The van der Waals surface area contributed by atoms with Crippen molar-refractivity contribution in [3.8, 4) is 11.5 Å². The smallest absolute Gasteiger partial charge is 0.267 e. The van der Waals surface area contributed by atoms with Gasteiger partial charge in [-0.05, 0) is 28.1 Å². The fraction of sp³-hybridized carbons (Fsp3) is 0.214. The van der Waals surface area contributed by atoms with Crippen LogP contribution in [0.3, 0.4) is 0 Å². The molecule has 0 aliphatic carbocycles. The van der Waals surface area contributed by atoms with Crippen molar-refractivity contribution in [2.75, 3.05) is 0 Å². The molecule has 0 N–H and O–H groups in total. The molecule has 0 saturated carbocycles. The number of aromatic nitrogens is 1. The Bertz CT molecular complexity index is 762. The molecule has 9 heteroatoms. The molecule has 0 radical (unpaired) electrons. The highest BCUT2D eigenvalue weighted by Gasteiger charge is 2.25. The van der Waals surface area contributed by atoms with Crippen molar-refractivity contribution in [3.63, 3.8) is 0 Å². The average Bonchev–Trinajstić information content (AvgIpc) is 2.45. The minimum atomic E-state index is -3.22. The van der Waals surface area contributed by atoms with E-state index >= 15 is 0 Å². The number of alkyl halides is 4. The first kappa shape index (κ1) is 17.5. The van der Waals surface area contributed by atoms with Gasteiger partial charge in [-0.3, -0.25) is 4.79 Å². The summed E-state index contributed by atoms with van der Waals surface area (Å²) in [6, 6.07) is 1.95. The van der Waals surface area contributed by atoms with E-state index < -0.39 is 41.1 Å². The second-order valence-electron chi connectivity index (χ2n) is 4.55. The van der Waals surface area contributed by atoms with Gasteiger partial charge in [0.1, 0.15) is 11.6 Å². The molecule has 0 bridgehead atoms. The molecule has 0 amide bonds. The molecule has 3 nitrogen and oxygen atoms in total. The Kier molecular flexibility index (Phi) is 5.08. The third-order valence-electron chi connectivity index (χ3n) is 2.94. The van der Waals surface area contributed by atoms with Crippen molar-refractivity contribution in [2.45, 2.75) is 12.9 Å². The zero-order valence-corrected chi connectivity index (χ0v) is 13.1. The molecule has 1 aromatic carbocycles. The number of hydrogen-bond donors (Lipinski definition) is 0. The Balaban J connectivity index is 2.63. The summed E-state index contributed by atoms with van der Waals surface area (Å²) in [5.74, 6) is -2.19. The van der Waals surface area contributed by atoms with Gasteiger partial charge in [0.15, 0.2) is 5.75 Å². The fourth-order valence-corrected chi connectivity index (χ4v) is 2.23. The normalized spacial score (nSPS) is 11.3. The molecule has 0 saturated heterocycles. The third-order valence-corrected chi connectivity index (χ3v) is 3.56. The minimum Gasteiger partial charge on any atom is -0.454 e. The van der Waals surface area contributed by atoms with E-state index in [1.807, 2.05) is 0 Å². The Morgan fingerprint density at radius 2 is 1.61 bits per heavy atom. The summed E-state index contributed by atoms with van der Waals surface area (Å²) in [5.41, 5.74) is -2.42. The van der Waals surface area contributed by atoms with Gasteiger partial charge in [-0.15, -0.1) is 0 Å². The molecular weight excluding hydrogens is 389 g/mol. The van der Waals surface area contributed by atoms with Crippen molar-refractivity contribution in [3.05, 3.63) is 56.2 Å². The highest BCUT2D eigenvalue weighted by atomic mass is 79.9. The minimum absolute atomic E-state index is 0.0883. The van der Waals surface area contributed by atoms with E-state index in [-0.39, 0.29) is 10.2 Å². The number of nitrogens with zero attached hydrogens (tertiary/aromatic N) is 1. The molecule has 0 unspecified atom stereocenters. The monoisotopic (exact) mass is 397 g/mol. The van der Waals surface area contributed by atoms with Crippen LogP contribution in [0.15, 0.2) is 33.7 Å². The summed E-state index contributed by atoms with van der Waals surface area (Å²) >= 11 is 2.99. The van der Waals surface area contributed by atoms with E-state index in [0.717, 1.165) is 16.8 Å². The van der Waals surface area contributed by atoms with Gasteiger partial charge in [0.25, 0.3) is 18.4 Å². The maximum absolute atomic E-state index is 13.3. The van der Waals surface area contributed by atoms with Crippen LogP contribution in [0.25, 0.3) is 0 Å². The first-order valence-corrected chi connectivity index (χ1v) is 6.93. The second-order valence-corrected chi connectivity index (χ2v) is 5.41. The first-order valence-electron chi connectivity index (χ1n) is 6.14. The van der Waals surface area contributed by atoms with E-state index in [2.05, 4.69) is 15.9 Å². The zero-order valence-electron chi connectivity index (χ0n) is 11.5. The Labute approximate surface area is 135 Å². The fourth-order valence-electron chi connectivity index (χ4n) is 1.85. The lowest BCUT2D eigenvalue weighted by molar-refractivity contribution is 0.136. The third kappa shape index (κ3) is 3.72. The largest absolute Gasteiger partial charge is 0.454 e. The molecule has 2 rings (SSSR count). The molecule has 1 aromatic heterocycles. The molecule has 23 heavy (non-hydrogen) atoms. The van der Waals surface area contributed by atoms with E-state index in [1.165, 1.54) is 7.05 Å². The van der Waals surface area contributed by atoms with Gasteiger partial charge in [-0.1, -0.05) is 0 Å². The Hall–Kier alpha value is -1.90. The number of ether oxygens (including phenoxy) is 1. The number of hydrogen-bond acceptors (Lipinski definition) is 2. The predicted octanol–water partition coefficient (Wildman–Crippen LogP) is 4.95. The number of pyridine rings is 1. The van der Waals surface area contributed by atoms with Gasteiger partial charge >= 0.3 is 0 Å². The number of aryl methyl sites for hydroxylation is 1. The molecule has 0 spiro atoms. The van der Waals surface area contributed by atoms with Crippen molar-refractivity contribution < 1.29 is 26.7 Å². The lowest BCUT2D eigenvalue weighted by Crippen LogP contribution is -2.15. The maximum atomic E-state index is 13.3. The number of benzene rings is 1. The molecular formula is C14H9BrF5NO2. The number of halogens is 6. The van der Waals surface area contributed by atoms with Gasteiger partial charge in [-0.2, -0.15) is 0 Å². The highest BCUT2D eigenvalue weighted by Crippen LogP contribution is 2.41. The summed E-state index contributed by atoms with van der Waals surface area (Å²) in [4.78, 5) is 11.4. The number of rotatable bonds is 4. The summed E-state index contributed by atoms with van der Waals surface area (Å²) in [6.45, 7) is 0. The molecule has 1 heterocycles. The Morgan fingerprint density at radius 3 is 2.09 bits per heavy atom. The van der Waals surface area contributed by atoms with Gasteiger partial charge in [-0.25, -0.2) is 22.0 Å². The topological polar surface area (TPSA) is 31.2 Å². The molecule has 0 fully saturated rings. The van der Waals surface area contributed by atoms with E-state index in [0.29, 0.717) is 12.1 Å². The molecule has 2 aromatic rings. The standard InChI is InChI=1S/C14H9BrF5NO2/c1-21-5-10(9(15)4-11(21)22)23-12-7(13(17)18)2-6(16)3-8(12)14(19)20/h2-5,13-14H,1H3. The van der Waals surface area contributed by atoms with Crippen LogP contribution in [0.4, 0.5) is 22.0 Å². The summed E-state index contributed by atoms with van der Waals surface area (Å²) < 4.78 is 71.8. The van der Waals surface area contributed by atoms with Crippen molar-refractivity contribution in [1.29, 1.82) is 0 Å². The molecule has 0 aliphatic rings. The average molecular weight is 398 g/mol. The summed E-state index contributed by atoms with van der Waals surface area (Å²) in [6.07, 6.45) is -5.30. The van der Waals surface area contributed by atoms with Crippen molar-refractivity contribution >= 4 is 15.9 Å². The lowest BCUT2D eigenvalue weighted by atomic mass is 10.1. The highest BCUT2D eigenvalue weighted by molar-refractivity contribution is 9.10. The van der Waals surface area contributed by atoms with Crippen LogP contribution in [-0.2, 0) is 7.05 Å². The SMILES string of the molecule is Cn1cc(Oc2c(C(F)F)cc(F)cc2C(F)F)c(Br)cc1=O. The quantitative estimate of drug-likeness (QED) is 0.683. The van der Waals surface area contributed by atoms with E-state index in [1.54, 1.807) is 0 Å². The van der Waals surface area contributed by atoms with Gasteiger partial charge in [0.05, 0.1) is 21.8 Å². The summed E-state index contributed by atoms with van der Waals surface area (Å²) in [5, 5.41) is 0. The van der Waals surface area contributed by atoms with Crippen LogP contribution >= 0.6 is 15.9 Å². The predicted molar refractivity (Wildman–Crippen MR) is 75.8 cm³/mol. The molecule has 124 valence electrons. The van der Waals surface area contributed by atoms with Gasteiger partial charge < -0.3 is 9.30 Å². The summed E-state index contributed by atoms with van der Waals surface area (Å²) in [7, 11) is 1.37. The van der Waals surface area contributed by atoms with Crippen LogP contribution in [0, 0.1) is 5.82 Å². The van der Waals surface area contributed by atoms with E-state index in [4.69, 9.17) is 4.74 Å². The second kappa shape index (κ2) is 6.69. The first-order chi connectivity index (χ1) is 10.7. The molecule has 0 aliphatic heterocycles. The maximum Gasteiger partial charge on any atom is 0.267 e. The van der Waals surface area contributed by atoms with Gasteiger partial charge in [0, 0.05) is 13.1 Å². The van der Waals surface area contributed by atoms with Crippen LogP contribution in [0.5, 0.6) is 11.5 Å². The molecule has 0 atom stereocenters. The van der Waals surface area contributed by atoms with Crippen molar-refractivity contribution in [1.82, 2.24) is 4.57 Å². The van der Waals surface area contributed by atoms with Crippen molar-refractivity contribution in [2.24, 2.45) is 7.05 Å². The van der Waals surface area contributed by atoms with E-state index in [9.17, 15) is 26.7 Å². The van der Waals surface area contributed by atoms with Gasteiger partial charge in [0.2, 0.25) is 0 Å². The Morgan fingerprint density at radius 1 is 1.09 bits per heavy atom. The van der Waals surface area contributed by atoms with Crippen LogP contribution in [0.2, 0.25) is 0 Å². The zero-order chi connectivity index (χ0) is 17.3. The van der Waals surface area contributed by atoms with Crippen LogP contribution < -0.4 is 10.3 Å². The lowest BCUT2D eigenvalue weighted by Gasteiger charge is -2.16. The van der Waals surface area contributed by atoms with Crippen LogP contribution in [0.1, 0.15) is 24.0 Å².